The topological polar surface area (TPSA) is 74.0 Å². The lowest BCUT2D eigenvalue weighted by Crippen LogP contribution is -2.06. The highest BCUT2D eigenvalue weighted by molar-refractivity contribution is 5.88. The molecule has 1 amide bonds. The van der Waals surface area contributed by atoms with E-state index in [1.807, 2.05) is 42.2 Å². The van der Waals surface area contributed by atoms with Crippen LogP contribution in [-0.2, 0) is 25.0 Å². The molecule has 0 spiro atoms. The quantitative estimate of drug-likeness (QED) is 0.784. The van der Waals surface area contributed by atoms with Gasteiger partial charge in [0.25, 0.3) is 0 Å². The van der Waals surface area contributed by atoms with Gasteiger partial charge in [-0.1, -0.05) is 6.07 Å². The zero-order valence-corrected chi connectivity index (χ0v) is 13.5. The standard InChI is InChI=1S/C17H17N5O2/c1-11(23)19-14-4-3-12-9-22-15(10-24-17(12)5-14)6-16(20-22)13-7-18-21(2)8-13/h3-8H,9-10H2,1-2H3,(H,19,23). The summed E-state index contributed by atoms with van der Waals surface area (Å²) in [5.74, 6) is 0.673. The lowest BCUT2D eigenvalue weighted by Gasteiger charge is -2.09. The van der Waals surface area contributed by atoms with Gasteiger partial charge in [-0.3, -0.25) is 14.2 Å². The minimum atomic E-state index is -0.0994. The molecule has 122 valence electrons. The Hall–Kier alpha value is -3.09. The number of rotatable bonds is 2. The molecule has 1 aliphatic rings. The van der Waals surface area contributed by atoms with Gasteiger partial charge in [0.2, 0.25) is 5.91 Å². The average Bonchev–Trinajstić information content (AvgIpc) is 3.09. The molecule has 0 unspecified atom stereocenters. The van der Waals surface area contributed by atoms with Crippen LogP contribution in [-0.4, -0.2) is 25.5 Å². The van der Waals surface area contributed by atoms with Crippen molar-refractivity contribution in [3.05, 3.63) is 47.9 Å². The van der Waals surface area contributed by atoms with E-state index in [0.717, 1.165) is 34.0 Å². The van der Waals surface area contributed by atoms with E-state index in [1.54, 1.807) is 10.9 Å². The Bertz CT molecular complexity index is 925. The molecule has 0 saturated carbocycles. The first-order valence-corrected chi connectivity index (χ1v) is 7.67. The van der Waals surface area contributed by atoms with Crippen LogP contribution in [0.4, 0.5) is 5.69 Å². The van der Waals surface area contributed by atoms with Crippen LogP contribution in [0.15, 0.2) is 36.7 Å². The Balaban J connectivity index is 1.64. The number of nitrogens with zero attached hydrogens (tertiary/aromatic N) is 4. The lowest BCUT2D eigenvalue weighted by atomic mass is 10.2. The number of anilines is 1. The van der Waals surface area contributed by atoms with Crippen molar-refractivity contribution < 1.29 is 9.53 Å². The van der Waals surface area contributed by atoms with Crippen molar-refractivity contribution in [3.8, 4) is 17.0 Å². The number of fused-ring (bicyclic) bond motifs is 2. The van der Waals surface area contributed by atoms with E-state index in [1.165, 1.54) is 6.92 Å². The van der Waals surface area contributed by atoms with E-state index < -0.39 is 0 Å². The van der Waals surface area contributed by atoms with Crippen molar-refractivity contribution in [2.75, 3.05) is 5.32 Å². The second-order valence-electron chi connectivity index (χ2n) is 5.87. The van der Waals surface area contributed by atoms with Crippen LogP contribution in [0.3, 0.4) is 0 Å². The number of aromatic nitrogens is 4. The molecule has 0 saturated heterocycles. The van der Waals surface area contributed by atoms with E-state index in [-0.39, 0.29) is 5.91 Å². The maximum absolute atomic E-state index is 11.2. The fourth-order valence-electron chi connectivity index (χ4n) is 2.82. The Kier molecular flexibility index (Phi) is 3.34. The predicted octanol–water partition coefficient (Wildman–Crippen LogP) is 2.18. The molecule has 4 rings (SSSR count). The second kappa shape index (κ2) is 5.52. The molecule has 7 nitrogen and oxygen atoms in total. The van der Waals surface area contributed by atoms with Crippen LogP contribution < -0.4 is 10.1 Å². The highest BCUT2D eigenvalue weighted by Crippen LogP contribution is 2.29. The molecular weight excluding hydrogens is 306 g/mol. The van der Waals surface area contributed by atoms with Gasteiger partial charge in [-0.05, 0) is 12.1 Å². The fraction of sp³-hybridized carbons (Fsp3) is 0.235. The van der Waals surface area contributed by atoms with Crippen molar-refractivity contribution in [1.82, 2.24) is 19.6 Å². The van der Waals surface area contributed by atoms with Crippen LogP contribution in [0.5, 0.6) is 5.75 Å². The van der Waals surface area contributed by atoms with E-state index in [2.05, 4.69) is 15.5 Å². The van der Waals surface area contributed by atoms with Gasteiger partial charge in [-0.15, -0.1) is 0 Å². The van der Waals surface area contributed by atoms with Gasteiger partial charge in [0.1, 0.15) is 12.4 Å². The first-order chi connectivity index (χ1) is 11.6. The smallest absolute Gasteiger partial charge is 0.221 e. The summed E-state index contributed by atoms with van der Waals surface area (Å²) in [6, 6.07) is 7.71. The normalized spacial score (nSPS) is 12.8. The number of amides is 1. The number of nitrogens with one attached hydrogen (secondary N) is 1. The molecule has 3 heterocycles. The number of hydrogen-bond acceptors (Lipinski definition) is 4. The first kappa shape index (κ1) is 14.5. The highest BCUT2D eigenvalue weighted by Gasteiger charge is 2.18. The minimum Gasteiger partial charge on any atom is -0.487 e. The zero-order chi connectivity index (χ0) is 16.7. The van der Waals surface area contributed by atoms with Crippen LogP contribution in [0.2, 0.25) is 0 Å². The third-order valence-corrected chi connectivity index (χ3v) is 3.95. The van der Waals surface area contributed by atoms with Crippen LogP contribution in [0, 0.1) is 0 Å². The molecule has 1 N–H and O–H groups in total. The summed E-state index contributed by atoms with van der Waals surface area (Å²) in [5.41, 5.74) is 4.64. The SMILES string of the molecule is CC(=O)Nc1ccc2c(c1)OCc1cc(-c3cnn(C)c3)nn1C2. The minimum absolute atomic E-state index is 0.0994. The molecular formula is C17H17N5O2. The third kappa shape index (κ3) is 2.64. The maximum Gasteiger partial charge on any atom is 0.221 e. The van der Waals surface area contributed by atoms with Gasteiger partial charge < -0.3 is 10.1 Å². The van der Waals surface area contributed by atoms with Crippen molar-refractivity contribution in [3.63, 3.8) is 0 Å². The average molecular weight is 323 g/mol. The number of carbonyl (C=O) groups excluding carboxylic acids is 1. The highest BCUT2D eigenvalue weighted by atomic mass is 16.5. The molecule has 1 aromatic carbocycles. The molecule has 2 aromatic heterocycles. The van der Waals surface area contributed by atoms with Crippen LogP contribution >= 0.6 is 0 Å². The van der Waals surface area contributed by atoms with E-state index in [0.29, 0.717) is 13.2 Å². The van der Waals surface area contributed by atoms with E-state index in [4.69, 9.17) is 4.74 Å². The first-order valence-electron chi connectivity index (χ1n) is 7.67. The number of hydrogen-bond donors (Lipinski definition) is 1. The number of carbonyl (C=O) groups is 1. The van der Waals surface area contributed by atoms with Crippen LogP contribution in [0.1, 0.15) is 18.2 Å². The van der Waals surface area contributed by atoms with Crippen molar-refractivity contribution >= 4 is 11.6 Å². The fourth-order valence-corrected chi connectivity index (χ4v) is 2.82. The maximum atomic E-state index is 11.2. The van der Waals surface area contributed by atoms with Gasteiger partial charge in [0.05, 0.1) is 24.1 Å². The summed E-state index contributed by atoms with van der Waals surface area (Å²) >= 11 is 0. The largest absolute Gasteiger partial charge is 0.487 e. The van der Waals surface area contributed by atoms with Crippen molar-refractivity contribution in [2.45, 2.75) is 20.1 Å². The van der Waals surface area contributed by atoms with Crippen molar-refractivity contribution in [2.24, 2.45) is 7.05 Å². The monoisotopic (exact) mass is 323 g/mol. The number of aryl methyl sites for hydroxylation is 1. The third-order valence-electron chi connectivity index (χ3n) is 3.95. The Labute approximate surface area is 138 Å². The van der Waals surface area contributed by atoms with Gasteiger partial charge >= 0.3 is 0 Å². The summed E-state index contributed by atoms with van der Waals surface area (Å²) in [7, 11) is 1.89. The van der Waals surface area contributed by atoms with E-state index >= 15 is 0 Å². The zero-order valence-electron chi connectivity index (χ0n) is 13.5. The van der Waals surface area contributed by atoms with Crippen molar-refractivity contribution in [1.29, 1.82) is 0 Å². The van der Waals surface area contributed by atoms with Gasteiger partial charge in [-0.2, -0.15) is 10.2 Å². The molecule has 3 aromatic rings. The van der Waals surface area contributed by atoms with Crippen LogP contribution in [0.25, 0.3) is 11.3 Å². The molecule has 1 aliphatic heterocycles. The van der Waals surface area contributed by atoms with Gasteiger partial charge in [0.15, 0.2) is 0 Å². The predicted molar refractivity (Wildman–Crippen MR) is 88.6 cm³/mol. The summed E-state index contributed by atoms with van der Waals surface area (Å²) in [5, 5.41) is 11.6. The molecule has 0 bridgehead atoms. The summed E-state index contributed by atoms with van der Waals surface area (Å²) in [6.45, 7) is 2.55. The molecule has 0 atom stereocenters. The molecule has 0 radical (unpaired) electrons. The second-order valence-corrected chi connectivity index (χ2v) is 5.87. The summed E-state index contributed by atoms with van der Waals surface area (Å²) in [6.07, 6.45) is 3.74. The lowest BCUT2D eigenvalue weighted by molar-refractivity contribution is -0.114. The van der Waals surface area contributed by atoms with Gasteiger partial charge in [-0.25, -0.2) is 0 Å². The molecule has 7 heteroatoms. The number of benzene rings is 1. The Morgan fingerprint density at radius 2 is 2.21 bits per heavy atom. The number of ether oxygens (including phenoxy) is 1. The Morgan fingerprint density at radius 3 is 2.96 bits per heavy atom. The molecule has 0 aliphatic carbocycles. The summed E-state index contributed by atoms with van der Waals surface area (Å²) < 4.78 is 9.63. The summed E-state index contributed by atoms with van der Waals surface area (Å²) in [4.78, 5) is 11.2. The Morgan fingerprint density at radius 1 is 1.33 bits per heavy atom. The van der Waals surface area contributed by atoms with Gasteiger partial charge in [0, 0.05) is 43.0 Å². The molecule has 0 fully saturated rings. The molecule has 24 heavy (non-hydrogen) atoms. The van der Waals surface area contributed by atoms with E-state index in [9.17, 15) is 4.79 Å².